The van der Waals surface area contributed by atoms with Crippen molar-refractivity contribution in [3.63, 3.8) is 0 Å². The minimum absolute atomic E-state index is 0.00334. The second-order valence-electron chi connectivity index (χ2n) is 7.57. The number of amides is 1. The van der Waals surface area contributed by atoms with E-state index in [1.807, 2.05) is 24.3 Å². The van der Waals surface area contributed by atoms with Crippen LogP contribution in [-0.4, -0.2) is 43.7 Å². The molecule has 2 aliphatic rings. The van der Waals surface area contributed by atoms with Crippen molar-refractivity contribution in [2.45, 2.75) is 6.42 Å². The van der Waals surface area contributed by atoms with Crippen LogP contribution in [0, 0.1) is 10.1 Å². The maximum atomic E-state index is 13.5. The highest BCUT2D eigenvalue weighted by Gasteiger charge is 2.30. The number of hydrogen-bond acceptors (Lipinski definition) is 6. The van der Waals surface area contributed by atoms with Crippen LogP contribution in [0.2, 0.25) is 0 Å². The van der Waals surface area contributed by atoms with Gasteiger partial charge in [0, 0.05) is 37.3 Å². The first-order valence-corrected chi connectivity index (χ1v) is 11.0. The molecule has 3 heterocycles. The number of morpholine rings is 1. The minimum Gasteiger partial charge on any atom is -0.378 e. The largest absolute Gasteiger partial charge is 0.378 e. The Morgan fingerprint density at radius 2 is 1.81 bits per heavy atom. The number of non-ortho nitro benzene ring substituents is 1. The number of benzene rings is 2. The third kappa shape index (κ3) is 3.68. The van der Waals surface area contributed by atoms with Crippen LogP contribution < -0.4 is 9.80 Å². The summed E-state index contributed by atoms with van der Waals surface area (Å²) in [7, 11) is 0. The van der Waals surface area contributed by atoms with Crippen molar-refractivity contribution in [2.24, 2.45) is 0 Å². The van der Waals surface area contributed by atoms with Gasteiger partial charge in [0.2, 0.25) is 0 Å². The molecule has 1 saturated heterocycles. The topological polar surface area (TPSA) is 75.9 Å². The van der Waals surface area contributed by atoms with E-state index in [0.29, 0.717) is 36.7 Å². The molecule has 0 bridgehead atoms. The standard InChI is InChI=1S/C23H21N3O4S/c27-22(25-9-8-17-6-7-18(26(28)29)14-20(17)25)21-15-19(16-4-2-1-3-5-16)23(31-21)24-10-12-30-13-11-24/h1-7,14-15H,8-13H2. The summed E-state index contributed by atoms with van der Waals surface area (Å²) in [4.78, 5) is 28.9. The van der Waals surface area contributed by atoms with E-state index < -0.39 is 4.92 Å². The lowest BCUT2D eigenvalue weighted by molar-refractivity contribution is -0.384. The predicted octanol–water partition coefficient (Wildman–Crippen LogP) is 4.36. The predicted molar refractivity (Wildman–Crippen MR) is 121 cm³/mol. The molecule has 0 unspecified atom stereocenters. The average molecular weight is 436 g/mol. The highest BCUT2D eigenvalue weighted by atomic mass is 32.1. The van der Waals surface area contributed by atoms with Gasteiger partial charge in [0.1, 0.15) is 0 Å². The maximum absolute atomic E-state index is 13.5. The third-order valence-electron chi connectivity index (χ3n) is 5.73. The van der Waals surface area contributed by atoms with E-state index in [1.165, 1.54) is 23.5 Å². The maximum Gasteiger partial charge on any atom is 0.271 e. The zero-order valence-electron chi connectivity index (χ0n) is 16.8. The molecule has 5 rings (SSSR count). The molecule has 0 spiro atoms. The summed E-state index contributed by atoms with van der Waals surface area (Å²) in [5.41, 5.74) is 3.71. The van der Waals surface area contributed by atoms with Gasteiger partial charge in [-0.15, -0.1) is 11.3 Å². The highest BCUT2D eigenvalue weighted by molar-refractivity contribution is 7.18. The molecule has 7 nitrogen and oxygen atoms in total. The number of nitro benzene ring substituents is 1. The zero-order valence-corrected chi connectivity index (χ0v) is 17.6. The number of carbonyl (C=O) groups is 1. The number of anilines is 2. The number of ether oxygens (including phenoxy) is 1. The number of carbonyl (C=O) groups excluding carboxylic acids is 1. The first-order valence-electron chi connectivity index (χ1n) is 10.2. The molecule has 3 aromatic rings. The van der Waals surface area contributed by atoms with E-state index in [2.05, 4.69) is 17.0 Å². The molecule has 1 amide bonds. The van der Waals surface area contributed by atoms with Gasteiger partial charge in [-0.3, -0.25) is 14.9 Å². The SMILES string of the molecule is O=C(c1cc(-c2ccccc2)c(N2CCOCC2)s1)N1CCc2ccc([N+](=O)[O-])cc21. The van der Waals surface area contributed by atoms with Gasteiger partial charge in [-0.2, -0.15) is 0 Å². The summed E-state index contributed by atoms with van der Waals surface area (Å²) in [6.45, 7) is 3.43. The van der Waals surface area contributed by atoms with Crippen LogP contribution in [0.3, 0.4) is 0 Å². The molecule has 1 fully saturated rings. The van der Waals surface area contributed by atoms with Crippen LogP contribution >= 0.6 is 11.3 Å². The average Bonchev–Trinajstić information content (AvgIpc) is 3.44. The van der Waals surface area contributed by atoms with Crippen LogP contribution in [0.5, 0.6) is 0 Å². The normalized spacial score (nSPS) is 15.7. The number of nitrogens with zero attached hydrogens (tertiary/aromatic N) is 3. The van der Waals surface area contributed by atoms with Gasteiger partial charge in [0.05, 0.1) is 33.7 Å². The quantitative estimate of drug-likeness (QED) is 0.450. The van der Waals surface area contributed by atoms with Gasteiger partial charge in [-0.25, -0.2) is 0 Å². The van der Waals surface area contributed by atoms with Crippen molar-refractivity contribution in [2.75, 3.05) is 42.6 Å². The molecule has 0 radical (unpaired) electrons. The van der Waals surface area contributed by atoms with Gasteiger partial charge in [0.15, 0.2) is 0 Å². The first kappa shape index (κ1) is 19.7. The molecule has 0 atom stereocenters. The van der Waals surface area contributed by atoms with Crippen LogP contribution in [0.25, 0.3) is 11.1 Å². The monoisotopic (exact) mass is 435 g/mol. The molecule has 2 aromatic carbocycles. The van der Waals surface area contributed by atoms with Crippen LogP contribution in [0.4, 0.5) is 16.4 Å². The number of thiophene rings is 1. The van der Waals surface area contributed by atoms with Crippen LogP contribution in [0.1, 0.15) is 15.2 Å². The van der Waals surface area contributed by atoms with Crippen molar-refractivity contribution < 1.29 is 14.5 Å². The Morgan fingerprint density at radius 1 is 1.03 bits per heavy atom. The second-order valence-corrected chi connectivity index (χ2v) is 8.60. The van der Waals surface area contributed by atoms with Crippen LogP contribution in [0.15, 0.2) is 54.6 Å². The summed E-state index contributed by atoms with van der Waals surface area (Å²) in [5, 5.41) is 12.3. The van der Waals surface area contributed by atoms with Crippen molar-refractivity contribution in [1.82, 2.24) is 0 Å². The Morgan fingerprint density at radius 3 is 2.55 bits per heavy atom. The molecular weight excluding hydrogens is 414 g/mol. The van der Waals surface area contributed by atoms with E-state index in [0.717, 1.165) is 34.8 Å². The first-order chi connectivity index (χ1) is 15.1. The lowest BCUT2D eigenvalue weighted by atomic mass is 10.1. The molecule has 0 N–H and O–H groups in total. The van der Waals surface area contributed by atoms with E-state index >= 15 is 0 Å². The molecule has 158 valence electrons. The summed E-state index contributed by atoms with van der Waals surface area (Å²) >= 11 is 1.49. The lowest BCUT2D eigenvalue weighted by Crippen LogP contribution is -2.35. The third-order valence-corrected chi connectivity index (χ3v) is 6.91. The molecule has 8 heteroatoms. The van der Waals surface area contributed by atoms with Gasteiger partial charge in [-0.05, 0) is 23.6 Å². The molecule has 31 heavy (non-hydrogen) atoms. The summed E-state index contributed by atoms with van der Waals surface area (Å²) in [6.07, 6.45) is 0.701. The Kier molecular flexibility index (Phi) is 5.17. The molecule has 0 aliphatic carbocycles. The molecule has 2 aliphatic heterocycles. The Bertz CT molecular complexity index is 1140. The van der Waals surface area contributed by atoms with Gasteiger partial charge in [-0.1, -0.05) is 36.4 Å². The van der Waals surface area contributed by atoms with E-state index in [9.17, 15) is 14.9 Å². The fraction of sp³-hybridized carbons (Fsp3) is 0.261. The van der Waals surface area contributed by atoms with E-state index in [4.69, 9.17) is 4.74 Å². The lowest BCUT2D eigenvalue weighted by Gasteiger charge is -2.28. The zero-order chi connectivity index (χ0) is 21.4. The molecular formula is C23H21N3O4S. The summed E-state index contributed by atoms with van der Waals surface area (Å²) < 4.78 is 5.50. The smallest absolute Gasteiger partial charge is 0.271 e. The summed E-state index contributed by atoms with van der Waals surface area (Å²) in [6, 6.07) is 16.8. The number of rotatable bonds is 4. The summed E-state index contributed by atoms with van der Waals surface area (Å²) in [5.74, 6) is -0.110. The van der Waals surface area contributed by atoms with Gasteiger partial charge >= 0.3 is 0 Å². The Labute approximate surface area is 183 Å². The minimum atomic E-state index is -0.420. The van der Waals surface area contributed by atoms with Crippen LogP contribution in [-0.2, 0) is 11.2 Å². The van der Waals surface area contributed by atoms with Crippen molar-refractivity contribution in [1.29, 1.82) is 0 Å². The Hall–Kier alpha value is -3.23. The van der Waals surface area contributed by atoms with E-state index in [1.54, 1.807) is 11.0 Å². The molecule has 0 saturated carbocycles. The van der Waals surface area contributed by atoms with Crippen molar-refractivity contribution >= 4 is 33.6 Å². The van der Waals surface area contributed by atoms with Crippen molar-refractivity contribution in [3.05, 3.63) is 75.2 Å². The fourth-order valence-electron chi connectivity index (χ4n) is 4.14. The molecule has 1 aromatic heterocycles. The van der Waals surface area contributed by atoms with Crippen molar-refractivity contribution in [3.8, 4) is 11.1 Å². The van der Waals surface area contributed by atoms with Gasteiger partial charge in [0.25, 0.3) is 11.6 Å². The van der Waals surface area contributed by atoms with E-state index in [-0.39, 0.29) is 11.6 Å². The number of fused-ring (bicyclic) bond motifs is 1. The van der Waals surface area contributed by atoms with Gasteiger partial charge < -0.3 is 14.5 Å². The fourth-order valence-corrected chi connectivity index (χ4v) is 5.32. The highest BCUT2D eigenvalue weighted by Crippen LogP contribution is 2.41. The number of hydrogen-bond donors (Lipinski definition) is 0. The number of nitro groups is 1. The second kappa shape index (κ2) is 8.13. The Balaban J connectivity index is 1.53.